The average Bonchev–Trinajstić information content (AvgIpc) is 2.37. The molecule has 1 aromatic carbocycles. The first-order valence-corrected chi connectivity index (χ1v) is 8.22. The van der Waals surface area contributed by atoms with E-state index < -0.39 is 9.28 Å². The van der Waals surface area contributed by atoms with E-state index in [0.29, 0.717) is 5.54 Å². The van der Waals surface area contributed by atoms with Crippen LogP contribution in [-0.4, -0.2) is 22.5 Å². The maximum Gasteiger partial charge on any atom is 0.329 e. The average molecular weight is 252 g/mol. The van der Waals surface area contributed by atoms with Crippen molar-refractivity contribution in [3.05, 3.63) is 35.9 Å². The number of rotatable bonds is 8. The Labute approximate surface area is 107 Å². The molecule has 0 saturated carbocycles. The Morgan fingerprint density at radius 2 is 1.59 bits per heavy atom. The van der Waals surface area contributed by atoms with Gasteiger partial charge in [0, 0.05) is 18.8 Å². The Balaban J connectivity index is 2.81. The summed E-state index contributed by atoms with van der Waals surface area (Å²) >= 11 is 0. The highest BCUT2D eigenvalue weighted by Crippen LogP contribution is 2.25. The van der Waals surface area contributed by atoms with Crippen molar-refractivity contribution in [2.75, 3.05) is 13.2 Å². The smallest absolute Gasteiger partial charge is 0.329 e. The van der Waals surface area contributed by atoms with E-state index in [-0.39, 0.29) is 0 Å². The number of hydrogen-bond donors (Lipinski definition) is 0. The predicted molar refractivity (Wildman–Crippen MR) is 74.5 cm³/mol. The summed E-state index contributed by atoms with van der Waals surface area (Å²) in [7, 11) is -1.59. The lowest BCUT2D eigenvalue weighted by atomic mass is 10.1. The van der Waals surface area contributed by atoms with E-state index in [4.69, 9.17) is 8.85 Å². The van der Waals surface area contributed by atoms with E-state index in [0.717, 1.165) is 19.6 Å². The van der Waals surface area contributed by atoms with Crippen LogP contribution in [-0.2, 0) is 8.85 Å². The second-order valence-corrected chi connectivity index (χ2v) is 6.29. The van der Waals surface area contributed by atoms with Crippen LogP contribution < -0.4 is 0 Å². The van der Waals surface area contributed by atoms with Crippen molar-refractivity contribution in [1.82, 2.24) is 0 Å². The molecule has 0 aromatic heterocycles. The Morgan fingerprint density at radius 1 is 1.00 bits per heavy atom. The third-order valence-electron chi connectivity index (χ3n) is 2.82. The van der Waals surface area contributed by atoms with Gasteiger partial charge in [0.05, 0.1) is 0 Å². The largest absolute Gasteiger partial charge is 0.396 e. The predicted octanol–water partition coefficient (Wildman–Crippen LogP) is 3.40. The van der Waals surface area contributed by atoms with Crippen molar-refractivity contribution < 1.29 is 8.85 Å². The first-order valence-electron chi connectivity index (χ1n) is 6.61. The summed E-state index contributed by atoms with van der Waals surface area (Å²) in [6.07, 6.45) is 2.32. The summed E-state index contributed by atoms with van der Waals surface area (Å²) in [5, 5.41) is 0. The van der Waals surface area contributed by atoms with Crippen LogP contribution in [0.4, 0.5) is 0 Å². The molecule has 1 unspecified atom stereocenters. The zero-order valence-electron chi connectivity index (χ0n) is 11.2. The zero-order chi connectivity index (χ0) is 12.5. The summed E-state index contributed by atoms with van der Waals surface area (Å²) in [6, 6.07) is 10.6. The van der Waals surface area contributed by atoms with E-state index in [1.54, 1.807) is 0 Å². The molecule has 96 valence electrons. The molecule has 0 aliphatic heterocycles. The summed E-state index contributed by atoms with van der Waals surface area (Å²) in [5.74, 6) is 0. The highest BCUT2D eigenvalue weighted by molar-refractivity contribution is 6.46. The van der Waals surface area contributed by atoms with Gasteiger partial charge in [0.15, 0.2) is 0 Å². The van der Waals surface area contributed by atoms with Gasteiger partial charge in [-0.05, 0) is 25.8 Å². The van der Waals surface area contributed by atoms with E-state index in [2.05, 4.69) is 37.3 Å². The molecule has 17 heavy (non-hydrogen) atoms. The minimum atomic E-state index is -1.59. The van der Waals surface area contributed by atoms with Gasteiger partial charge in [0.25, 0.3) is 0 Å². The molecule has 0 heterocycles. The van der Waals surface area contributed by atoms with Crippen LogP contribution >= 0.6 is 0 Å². The maximum atomic E-state index is 5.87. The fraction of sp³-hybridized carbons (Fsp3) is 0.571. The standard InChI is InChI=1S/C14H24O2Si/c1-4-10-14(13-11-8-7-9-12-13)17(15-5-2)16-6-3/h7-9,11-12,14,17H,4-6,10H2,1-3H3. The van der Waals surface area contributed by atoms with Gasteiger partial charge in [-0.3, -0.25) is 0 Å². The fourth-order valence-corrected chi connectivity index (χ4v) is 4.44. The monoisotopic (exact) mass is 252 g/mol. The van der Waals surface area contributed by atoms with Crippen molar-refractivity contribution in [1.29, 1.82) is 0 Å². The Bertz CT molecular complexity index is 284. The second-order valence-electron chi connectivity index (χ2n) is 4.08. The molecule has 1 rings (SSSR count). The molecule has 3 heteroatoms. The first kappa shape index (κ1) is 14.4. The minimum Gasteiger partial charge on any atom is -0.396 e. The fourth-order valence-electron chi connectivity index (χ4n) is 2.08. The Kier molecular flexibility index (Phi) is 7.16. The molecular weight excluding hydrogens is 228 g/mol. The molecule has 0 fully saturated rings. The van der Waals surface area contributed by atoms with E-state index in [1.807, 2.05) is 13.8 Å². The van der Waals surface area contributed by atoms with Gasteiger partial charge < -0.3 is 8.85 Å². The summed E-state index contributed by atoms with van der Waals surface area (Å²) < 4.78 is 11.7. The van der Waals surface area contributed by atoms with Crippen LogP contribution in [0.1, 0.15) is 44.7 Å². The minimum absolute atomic E-state index is 0.473. The topological polar surface area (TPSA) is 18.5 Å². The molecule has 0 bridgehead atoms. The Morgan fingerprint density at radius 3 is 2.06 bits per heavy atom. The second kappa shape index (κ2) is 8.45. The quantitative estimate of drug-likeness (QED) is 0.660. The zero-order valence-corrected chi connectivity index (χ0v) is 12.3. The van der Waals surface area contributed by atoms with Gasteiger partial charge in [-0.2, -0.15) is 0 Å². The van der Waals surface area contributed by atoms with E-state index in [1.165, 1.54) is 12.0 Å². The van der Waals surface area contributed by atoms with Gasteiger partial charge >= 0.3 is 9.28 Å². The van der Waals surface area contributed by atoms with Crippen LogP contribution in [0.3, 0.4) is 0 Å². The van der Waals surface area contributed by atoms with Gasteiger partial charge in [0.2, 0.25) is 0 Å². The molecule has 1 aromatic rings. The lowest BCUT2D eigenvalue weighted by Crippen LogP contribution is -2.31. The molecule has 0 amide bonds. The maximum absolute atomic E-state index is 5.87. The Hall–Kier alpha value is -0.643. The molecule has 0 N–H and O–H groups in total. The summed E-state index contributed by atoms with van der Waals surface area (Å²) in [6.45, 7) is 7.83. The number of hydrogen-bond acceptors (Lipinski definition) is 2. The lowest BCUT2D eigenvalue weighted by Gasteiger charge is -2.24. The molecule has 0 saturated heterocycles. The van der Waals surface area contributed by atoms with Gasteiger partial charge in [-0.25, -0.2) is 0 Å². The van der Waals surface area contributed by atoms with Gasteiger partial charge in [-0.15, -0.1) is 0 Å². The van der Waals surface area contributed by atoms with E-state index in [9.17, 15) is 0 Å². The van der Waals surface area contributed by atoms with Crippen LogP contribution in [0.5, 0.6) is 0 Å². The van der Waals surface area contributed by atoms with Crippen molar-refractivity contribution >= 4 is 9.28 Å². The first-order chi connectivity index (χ1) is 8.33. The molecule has 0 aliphatic rings. The van der Waals surface area contributed by atoms with Crippen molar-refractivity contribution in [2.45, 2.75) is 39.2 Å². The van der Waals surface area contributed by atoms with Gasteiger partial charge in [0.1, 0.15) is 0 Å². The SMILES string of the molecule is CCCC(c1ccccc1)[SiH](OCC)OCC. The van der Waals surface area contributed by atoms with Crippen LogP contribution in [0, 0.1) is 0 Å². The third kappa shape index (κ3) is 4.62. The molecule has 0 aliphatic carbocycles. The normalized spacial score (nSPS) is 12.9. The molecule has 2 nitrogen and oxygen atoms in total. The molecular formula is C14H24O2Si. The molecule has 1 atom stereocenters. The van der Waals surface area contributed by atoms with Crippen LogP contribution in [0.25, 0.3) is 0 Å². The highest BCUT2D eigenvalue weighted by Gasteiger charge is 2.26. The molecule has 0 radical (unpaired) electrons. The van der Waals surface area contributed by atoms with Gasteiger partial charge in [-0.1, -0.05) is 43.7 Å². The summed E-state index contributed by atoms with van der Waals surface area (Å²) in [5.41, 5.74) is 1.84. The van der Waals surface area contributed by atoms with Crippen molar-refractivity contribution in [3.8, 4) is 0 Å². The van der Waals surface area contributed by atoms with E-state index >= 15 is 0 Å². The third-order valence-corrected chi connectivity index (χ3v) is 5.52. The van der Waals surface area contributed by atoms with Crippen molar-refractivity contribution in [3.63, 3.8) is 0 Å². The van der Waals surface area contributed by atoms with Crippen LogP contribution in [0.2, 0.25) is 0 Å². The summed E-state index contributed by atoms with van der Waals surface area (Å²) in [4.78, 5) is 0. The highest BCUT2D eigenvalue weighted by atomic mass is 28.3. The molecule has 0 spiro atoms. The van der Waals surface area contributed by atoms with Crippen LogP contribution in [0.15, 0.2) is 30.3 Å². The lowest BCUT2D eigenvalue weighted by molar-refractivity contribution is 0.203. The number of benzene rings is 1. The van der Waals surface area contributed by atoms with Crippen molar-refractivity contribution in [2.24, 2.45) is 0 Å².